The monoisotopic (exact) mass is 753 g/mol. The quantitative estimate of drug-likeness (QED) is 0.157. The van der Waals surface area contributed by atoms with Gasteiger partial charge in [0.1, 0.15) is 11.2 Å². The molecule has 0 atom stereocenters. The zero-order valence-corrected chi connectivity index (χ0v) is 34.6. The number of hydrogen-bond acceptors (Lipinski definition) is 2. The van der Waals surface area contributed by atoms with Gasteiger partial charge in [-0.1, -0.05) is 185 Å². The van der Waals surface area contributed by atoms with Crippen molar-refractivity contribution in [3.05, 3.63) is 204 Å². The van der Waals surface area contributed by atoms with E-state index in [1.165, 1.54) is 54.9 Å². The van der Waals surface area contributed by atoms with Crippen molar-refractivity contribution < 1.29 is 4.42 Å². The second-order valence-corrected chi connectivity index (χ2v) is 22.8. The van der Waals surface area contributed by atoms with Gasteiger partial charge in [0.2, 0.25) is 0 Å². The number of rotatable bonds is 6. The average molecular weight is 754 g/mol. The van der Waals surface area contributed by atoms with Gasteiger partial charge in [-0.2, -0.15) is 0 Å². The number of para-hydroxylation sites is 1. The summed E-state index contributed by atoms with van der Waals surface area (Å²) in [6.07, 6.45) is 0. The van der Waals surface area contributed by atoms with Crippen LogP contribution in [0.3, 0.4) is 0 Å². The SMILES string of the molecule is CC(C)(C)c1ccc(N(c2ccc([Si](C)(C)C)cc2)c2cc3c(c4oc5ccccc5c24)-c2c(ccc4ccccc24)C3(c2ccccc2)c2ccccc2)cc1. The predicted octanol–water partition coefficient (Wildman–Crippen LogP) is 14.4. The highest BCUT2D eigenvalue weighted by Gasteiger charge is 2.49. The molecule has 10 rings (SSSR count). The molecule has 1 aliphatic carbocycles. The van der Waals surface area contributed by atoms with Crippen LogP contribution in [0.5, 0.6) is 0 Å². The molecule has 0 radical (unpaired) electrons. The molecule has 0 saturated carbocycles. The number of benzene rings is 8. The highest BCUT2D eigenvalue weighted by Crippen LogP contribution is 2.62. The van der Waals surface area contributed by atoms with Crippen molar-refractivity contribution in [2.24, 2.45) is 0 Å². The Bertz CT molecular complexity index is 2850. The lowest BCUT2D eigenvalue weighted by atomic mass is 9.67. The molecular weight excluding hydrogens is 707 g/mol. The number of fused-ring (bicyclic) bond motifs is 9. The van der Waals surface area contributed by atoms with Crippen molar-refractivity contribution in [2.75, 3.05) is 4.90 Å². The Morgan fingerprint density at radius 1 is 0.526 bits per heavy atom. The van der Waals surface area contributed by atoms with E-state index in [1.807, 2.05) is 0 Å². The summed E-state index contributed by atoms with van der Waals surface area (Å²) in [6.45, 7) is 14.1. The Labute approximate surface area is 337 Å². The summed E-state index contributed by atoms with van der Waals surface area (Å²) in [5.41, 5.74) is 13.2. The zero-order valence-electron chi connectivity index (χ0n) is 33.6. The number of anilines is 3. The fraction of sp³-hybridized carbons (Fsp3) is 0.148. The smallest absolute Gasteiger partial charge is 0.145 e. The lowest BCUT2D eigenvalue weighted by Crippen LogP contribution is -2.37. The fourth-order valence-electron chi connectivity index (χ4n) is 9.41. The van der Waals surface area contributed by atoms with Crippen molar-refractivity contribution in [2.45, 2.75) is 51.2 Å². The van der Waals surface area contributed by atoms with Gasteiger partial charge in [-0.05, 0) is 86.0 Å². The normalized spacial score (nSPS) is 13.6. The van der Waals surface area contributed by atoms with Crippen molar-refractivity contribution in [3.8, 4) is 11.1 Å². The van der Waals surface area contributed by atoms with Crippen molar-refractivity contribution in [3.63, 3.8) is 0 Å². The van der Waals surface area contributed by atoms with E-state index < -0.39 is 13.5 Å². The molecule has 8 aromatic carbocycles. The summed E-state index contributed by atoms with van der Waals surface area (Å²) in [6, 6.07) is 65.4. The summed E-state index contributed by atoms with van der Waals surface area (Å²) in [7, 11) is -1.55. The molecule has 0 saturated heterocycles. The van der Waals surface area contributed by atoms with E-state index in [0.29, 0.717) is 0 Å². The molecule has 9 aromatic rings. The summed E-state index contributed by atoms with van der Waals surface area (Å²) >= 11 is 0. The van der Waals surface area contributed by atoms with Gasteiger partial charge in [0, 0.05) is 22.3 Å². The maximum Gasteiger partial charge on any atom is 0.145 e. The second-order valence-electron chi connectivity index (χ2n) is 17.7. The molecule has 0 spiro atoms. The first kappa shape index (κ1) is 35.3. The van der Waals surface area contributed by atoms with Gasteiger partial charge in [-0.25, -0.2) is 0 Å². The molecule has 0 fully saturated rings. The van der Waals surface area contributed by atoms with Gasteiger partial charge < -0.3 is 9.32 Å². The third kappa shape index (κ3) is 5.44. The average Bonchev–Trinajstić information content (AvgIpc) is 3.76. The summed E-state index contributed by atoms with van der Waals surface area (Å²) < 4.78 is 7.24. The molecule has 57 heavy (non-hydrogen) atoms. The van der Waals surface area contributed by atoms with E-state index in [-0.39, 0.29) is 5.41 Å². The second kappa shape index (κ2) is 12.9. The van der Waals surface area contributed by atoms with Crippen LogP contribution in [0.15, 0.2) is 180 Å². The third-order valence-electron chi connectivity index (χ3n) is 12.3. The Kier molecular flexibility index (Phi) is 8.01. The van der Waals surface area contributed by atoms with E-state index in [2.05, 4.69) is 221 Å². The van der Waals surface area contributed by atoms with Gasteiger partial charge >= 0.3 is 0 Å². The van der Waals surface area contributed by atoms with Crippen LogP contribution in [0, 0.1) is 0 Å². The van der Waals surface area contributed by atoms with Gasteiger partial charge in [-0.3, -0.25) is 0 Å². The lowest BCUT2D eigenvalue weighted by molar-refractivity contribution is 0.590. The topological polar surface area (TPSA) is 16.4 Å². The Balaban J connectivity index is 1.40. The highest BCUT2D eigenvalue weighted by atomic mass is 28.3. The predicted molar refractivity (Wildman–Crippen MR) is 245 cm³/mol. The van der Waals surface area contributed by atoms with Crippen LogP contribution in [0.25, 0.3) is 43.8 Å². The standard InChI is InChI=1S/C54H47NOSi/c1-53(2,3)37-26-28-40(29-27-37)55(41-30-32-42(33-31-41)57(4,5)6)47-35-46-51(52-50(47)44-23-15-16-24-48(44)56-52)49-43-22-14-13-17-36(43)25-34-45(49)54(46,38-18-9-7-10-19-38)39-20-11-8-12-21-39/h7-35H,1-6H3. The van der Waals surface area contributed by atoms with Crippen LogP contribution in [0.4, 0.5) is 17.1 Å². The Morgan fingerprint density at radius 3 is 1.70 bits per heavy atom. The van der Waals surface area contributed by atoms with Crippen LogP contribution in [0.1, 0.15) is 48.6 Å². The Hall–Kier alpha value is -6.16. The first-order valence-corrected chi connectivity index (χ1v) is 23.7. The number of nitrogens with zero attached hydrogens (tertiary/aromatic N) is 1. The summed E-state index contributed by atoms with van der Waals surface area (Å²) in [4.78, 5) is 2.48. The van der Waals surface area contributed by atoms with Crippen LogP contribution < -0.4 is 10.1 Å². The summed E-state index contributed by atoms with van der Waals surface area (Å²) in [5.74, 6) is 0. The number of hydrogen-bond donors (Lipinski definition) is 0. The molecule has 3 heteroatoms. The highest BCUT2D eigenvalue weighted by molar-refractivity contribution is 6.88. The van der Waals surface area contributed by atoms with E-state index in [0.717, 1.165) is 39.0 Å². The first-order chi connectivity index (χ1) is 27.5. The minimum atomic E-state index is -1.55. The molecule has 0 N–H and O–H groups in total. The molecular formula is C54H47NOSi. The molecule has 1 heterocycles. The molecule has 0 bridgehead atoms. The maximum absolute atomic E-state index is 7.24. The van der Waals surface area contributed by atoms with Gasteiger partial charge in [-0.15, -0.1) is 0 Å². The van der Waals surface area contributed by atoms with E-state index >= 15 is 0 Å². The number of furan rings is 1. The van der Waals surface area contributed by atoms with Gasteiger partial charge in [0.05, 0.1) is 24.6 Å². The maximum atomic E-state index is 7.24. The molecule has 1 aromatic heterocycles. The molecule has 0 amide bonds. The third-order valence-corrected chi connectivity index (χ3v) is 14.3. The fourth-order valence-corrected chi connectivity index (χ4v) is 10.6. The minimum absolute atomic E-state index is 0.0312. The van der Waals surface area contributed by atoms with Crippen LogP contribution >= 0.6 is 0 Å². The van der Waals surface area contributed by atoms with Crippen molar-refractivity contribution >= 4 is 63.0 Å². The molecule has 1 aliphatic rings. The van der Waals surface area contributed by atoms with E-state index in [4.69, 9.17) is 4.42 Å². The molecule has 0 aliphatic heterocycles. The van der Waals surface area contributed by atoms with Crippen molar-refractivity contribution in [1.82, 2.24) is 0 Å². The lowest BCUT2D eigenvalue weighted by Gasteiger charge is -2.35. The van der Waals surface area contributed by atoms with E-state index in [1.54, 1.807) is 0 Å². The largest absolute Gasteiger partial charge is 0.455 e. The van der Waals surface area contributed by atoms with Crippen LogP contribution in [0.2, 0.25) is 19.6 Å². The first-order valence-electron chi connectivity index (χ1n) is 20.2. The van der Waals surface area contributed by atoms with Gasteiger partial charge in [0.15, 0.2) is 0 Å². The van der Waals surface area contributed by atoms with Crippen molar-refractivity contribution in [1.29, 1.82) is 0 Å². The van der Waals surface area contributed by atoms with Crippen LogP contribution in [-0.4, -0.2) is 8.07 Å². The van der Waals surface area contributed by atoms with E-state index in [9.17, 15) is 0 Å². The molecule has 0 unspecified atom stereocenters. The molecule has 278 valence electrons. The van der Waals surface area contributed by atoms with Gasteiger partial charge in [0.25, 0.3) is 0 Å². The minimum Gasteiger partial charge on any atom is -0.455 e. The molecule has 2 nitrogen and oxygen atoms in total. The van der Waals surface area contributed by atoms with Crippen LogP contribution in [-0.2, 0) is 10.8 Å². The Morgan fingerprint density at radius 2 is 1.09 bits per heavy atom. The summed E-state index contributed by atoms with van der Waals surface area (Å²) in [5, 5.41) is 6.12. The zero-order chi connectivity index (χ0) is 39.1.